The lowest BCUT2D eigenvalue weighted by molar-refractivity contribution is -0.113. The topological polar surface area (TPSA) is 69.0 Å². The fraction of sp³-hybridized carbons (Fsp3) is 0.318. The molecule has 3 rings (SSSR count). The number of aromatic nitrogens is 3. The highest BCUT2D eigenvalue weighted by Crippen LogP contribution is 2.22. The number of anilines is 1. The van der Waals surface area contributed by atoms with Crippen LogP contribution in [0.15, 0.2) is 41.6 Å². The van der Waals surface area contributed by atoms with Gasteiger partial charge in [-0.25, -0.2) is 0 Å². The van der Waals surface area contributed by atoms with Gasteiger partial charge in [-0.3, -0.25) is 4.79 Å². The molecule has 6 nitrogen and oxygen atoms in total. The van der Waals surface area contributed by atoms with Gasteiger partial charge in [0.2, 0.25) is 5.91 Å². The van der Waals surface area contributed by atoms with Crippen molar-refractivity contribution in [3.63, 3.8) is 0 Å². The van der Waals surface area contributed by atoms with Gasteiger partial charge in [0.25, 0.3) is 0 Å². The number of benzene rings is 2. The number of nitrogens with one attached hydrogen (secondary N) is 1. The second-order valence-electron chi connectivity index (χ2n) is 7.12. The molecule has 0 atom stereocenters. The molecule has 0 saturated carbocycles. The molecule has 1 N–H and O–H groups in total. The molecule has 0 fully saturated rings. The predicted molar refractivity (Wildman–Crippen MR) is 117 cm³/mol. The van der Waals surface area contributed by atoms with Crippen molar-refractivity contribution in [2.75, 3.05) is 11.1 Å². The first kappa shape index (κ1) is 20.9. The SMILES string of the molecule is Cc1ccc(OCc2nnc(SCC(=O)Nc3c(C)cccc3C)n2C)c(C)c1. The van der Waals surface area contributed by atoms with E-state index in [2.05, 4.69) is 28.5 Å². The molecule has 29 heavy (non-hydrogen) atoms. The first-order chi connectivity index (χ1) is 13.8. The quantitative estimate of drug-likeness (QED) is 0.586. The molecule has 7 heteroatoms. The van der Waals surface area contributed by atoms with E-state index in [1.165, 1.54) is 17.3 Å². The molecule has 3 aromatic rings. The highest BCUT2D eigenvalue weighted by Gasteiger charge is 2.13. The van der Waals surface area contributed by atoms with Crippen LogP contribution in [0.2, 0.25) is 0 Å². The van der Waals surface area contributed by atoms with E-state index >= 15 is 0 Å². The van der Waals surface area contributed by atoms with Crippen LogP contribution in [0.3, 0.4) is 0 Å². The minimum atomic E-state index is -0.0662. The molecule has 0 saturated heterocycles. The van der Waals surface area contributed by atoms with E-state index < -0.39 is 0 Å². The van der Waals surface area contributed by atoms with Crippen molar-refractivity contribution in [3.8, 4) is 5.75 Å². The first-order valence-corrected chi connectivity index (χ1v) is 10.4. The van der Waals surface area contributed by atoms with Crippen molar-refractivity contribution < 1.29 is 9.53 Å². The van der Waals surface area contributed by atoms with Gasteiger partial charge in [0.05, 0.1) is 5.75 Å². The van der Waals surface area contributed by atoms with Gasteiger partial charge in [-0.15, -0.1) is 10.2 Å². The summed E-state index contributed by atoms with van der Waals surface area (Å²) in [5.74, 6) is 1.74. The zero-order valence-electron chi connectivity index (χ0n) is 17.4. The predicted octanol–water partition coefficient (Wildman–Crippen LogP) is 4.36. The average molecular weight is 411 g/mol. The summed E-state index contributed by atoms with van der Waals surface area (Å²) in [5, 5.41) is 12.1. The largest absolute Gasteiger partial charge is 0.485 e. The van der Waals surface area contributed by atoms with Crippen LogP contribution in [0.4, 0.5) is 5.69 Å². The Bertz CT molecular complexity index is 1010. The van der Waals surface area contributed by atoms with Crippen LogP contribution in [0.25, 0.3) is 0 Å². The van der Waals surface area contributed by atoms with E-state index in [-0.39, 0.29) is 11.7 Å². The summed E-state index contributed by atoms with van der Waals surface area (Å²) < 4.78 is 7.75. The Kier molecular flexibility index (Phi) is 6.59. The van der Waals surface area contributed by atoms with Crippen LogP contribution in [-0.2, 0) is 18.4 Å². The van der Waals surface area contributed by atoms with Gasteiger partial charge in [0.15, 0.2) is 11.0 Å². The average Bonchev–Trinajstić information content (AvgIpc) is 3.02. The number of thioether (sulfide) groups is 1. The lowest BCUT2D eigenvalue weighted by Crippen LogP contribution is -2.16. The van der Waals surface area contributed by atoms with Gasteiger partial charge in [0.1, 0.15) is 12.4 Å². The molecular weight excluding hydrogens is 384 g/mol. The monoisotopic (exact) mass is 410 g/mol. The maximum Gasteiger partial charge on any atom is 0.234 e. The Hall–Kier alpha value is -2.80. The summed E-state index contributed by atoms with van der Waals surface area (Å²) in [7, 11) is 1.88. The Balaban J connectivity index is 1.57. The molecular formula is C22H26N4O2S. The minimum absolute atomic E-state index is 0.0662. The Morgan fingerprint density at radius 1 is 1.07 bits per heavy atom. The fourth-order valence-corrected chi connectivity index (χ4v) is 3.75. The number of hydrogen-bond acceptors (Lipinski definition) is 5. The number of aryl methyl sites for hydroxylation is 4. The van der Waals surface area contributed by atoms with Gasteiger partial charge >= 0.3 is 0 Å². The first-order valence-electron chi connectivity index (χ1n) is 9.42. The minimum Gasteiger partial charge on any atom is -0.485 e. The molecule has 0 aliphatic rings. The van der Waals surface area contributed by atoms with Crippen molar-refractivity contribution in [3.05, 3.63) is 64.5 Å². The van der Waals surface area contributed by atoms with E-state index in [1.54, 1.807) is 0 Å². The molecule has 1 amide bonds. The third-order valence-corrected chi connectivity index (χ3v) is 5.71. The molecule has 0 bridgehead atoms. The van der Waals surface area contributed by atoms with Crippen molar-refractivity contribution in [1.29, 1.82) is 0 Å². The summed E-state index contributed by atoms with van der Waals surface area (Å²) >= 11 is 1.36. The van der Waals surface area contributed by atoms with Crippen LogP contribution >= 0.6 is 11.8 Å². The number of rotatable bonds is 7. The van der Waals surface area contributed by atoms with Crippen molar-refractivity contribution in [2.45, 2.75) is 39.5 Å². The summed E-state index contributed by atoms with van der Waals surface area (Å²) in [4.78, 5) is 12.4. The third-order valence-electron chi connectivity index (χ3n) is 4.69. The van der Waals surface area contributed by atoms with Crippen LogP contribution in [0, 0.1) is 27.7 Å². The number of carbonyl (C=O) groups excluding carboxylic acids is 1. The zero-order valence-corrected chi connectivity index (χ0v) is 18.3. The molecule has 0 spiro atoms. The molecule has 1 heterocycles. The van der Waals surface area contributed by atoms with Crippen molar-refractivity contribution in [2.24, 2.45) is 7.05 Å². The normalized spacial score (nSPS) is 10.8. The smallest absolute Gasteiger partial charge is 0.234 e. The van der Waals surface area contributed by atoms with E-state index in [1.807, 2.05) is 62.7 Å². The Labute approximate surface area is 175 Å². The zero-order chi connectivity index (χ0) is 21.0. The van der Waals surface area contributed by atoms with Crippen LogP contribution in [-0.4, -0.2) is 26.4 Å². The number of nitrogens with zero attached hydrogens (tertiary/aromatic N) is 3. The lowest BCUT2D eigenvalue weighted by atomic mass is 10.1. The molecule has 0 aliphatic carbocycles. The van der Waals surface area contributed by atoms with Crippen molar-refractivity contribution >= 4 is 23.4 Å². The maximum atomic E-state index is 12.4. The van der Waals surface area contributed by atoms with Gasteiger partial charge in [-0.05, 0) is 50.5 Å². The van der Waals surface area contributed by atoms with Crippen LogP contribution < -0.4 is 10.1 Å². The Morgan fingerprint density at radius 3 is 2.48 bits per heavy atom. The van der Waals surface area contributed by atoms with E-state index in [0.717, 1.165) is 28.1 Å². The molecule has 1 aromatic heterocycles. The van der Waals surface area contributed by atoms with Crippen LogP contribution in [0.1, 0.15) is 28.1 Å². The standard InChI is InChI=1S/C22H26N4O2S/c1-14-9-10-18(17(4)11-14)28-12-19-24-25-22(26(19)5)29-13-20(27)23-21-15(2)7-6-8-16(21)3/h6-11H,12-13H2,1-5H3,(H,23,27). The van der Waals surface area contributed by atoms with Crippen LogP contribution in [0.5, 0.6) is 5.75 Å². The van der Waals surface area contributed by atoms with E-state index in [9.17, 15) is 4.79 Å². The summed E-state index contributed by atoms with van der Waals surface area (Å²) in [5.41, 5.74) is 5.26. The molecule has 0 aliphatic heterocycles. The number of para-hydroxylation sites is 1. The van der Waals surface area contributed by atoms with Gasteiger partial charge in [-0.1, -0.05) is 47.7 Å². The van der Waals surface area contributed by atoms with Gasteiger partial charge in [0, 0.05) is 12.7 Å². The molecule has 152 valence electrons. The second kappa shape index (κ2) is 9.13. The van der Waals surface area contributed by atoms with Gasteiger partial charge < -0.3 is 14.6 Å². The number of amides is 1. The number of carbonyl (C=O) groups is 1. The maximum absolute atomic E-state index is 12.4. The fourth-order valence-electron chi connectivity index (χ4n) is 3.02. The lowest BCUT2D eigenvalue weighted by Gasteiger charge is -2.11. The number of hydrogen-bond donors (Lipinski definition) is 1. The van der Waals surface area contributed by atoms with Gasteiger partial charge in [-0.2, -0.15) is 0 Å². The Morgan fingerprint density at radius 2 is 1.79 bits per heavy atom. The number of ether oxygens (including phenoxy) is 1. The molecule has 2 aromatic carbocycles. The second-order valence-corrected chi connectivity index (χ2v) is 8.06. The highest BCUT2D eigenvalue weighted by molar-refractivity contribution is 7.99. The summed E-state index contributed by atoms with van der Waals surface area (Å²) in [6.45, 7) is 8.37. The molecule has 0 unspecified atom stereocenters. The summed E-state index contributed by atoms with van der Waals surface area (Å²) in [6, 6.07) is 12.0. The third kappa shape index (κ3) is 5.17. The molecule has 0 radical (unpaired) electrons. The van der Waals surface area contributed by atoms with Crippen molar-refractivity contribution in [1.82, 2.24) is 14.8 Å². The van der Waals surface area contributed by atoms with E-state index in [4.69, 9.17) is 4.74 Å². The highest BCUT2D eigenvalue weighted by atomic mass is 32.2. The summed E-state index contributed by atoms with van der Waals surface area (Å²) in [6.07, 6.45) is 0. The van der Waals surface area contributed by atoms with E-state index in [0.29, 0.717) is 17.6 Å².